The van der Waals surface area contributed by atoms with Gasteiger partial charge in [0.2, 0.25) is 10.0 Å². The molecule has 0 aromatic heterocycles. The summed E-state index contributed by atoms with van der Waals surface area (Å²) in [6, 6.07) is 13.5. The van der Waals surface area contributed by atoms with Crippen molar-refractivity contribution in [3.05, 3.63) is 65.5 Å². The zero-order chi connectivity index (χ0) is 20.9. The predicted molar refractivity (Wildman–Crippen MR) is 113 cm³/mol. The zero-order valence-corrected chi connectivity index (χ0v) is 17.5. The summed E-state index contributed by atoms with van der Waals surface area (Å²) in [5, 5.41) is 6.59. The second-order valence-corrected chi connectivity index (χ2v) is 9.08. The molecule has 0 amide bonds. The highest BCUT2D eigenvalue weighted by Crippen LogP contribution is 2.47. The number of rotatable bonds is 8. The van der Waals surface area contributed by atoms with Crippen molar-refractivity contribution in [1.29, 1.82) is 0 Å². The van der Waals surface area contributed by atoms with Crippen molar-refractivity contribution in [2.24, 2.45) is 4.99 Å². The summed E-state index contributed by atoms with van der Waals surface area (Å²) in [5.41, 5.74) is 1.88. The maximum absolute atomic E-state index is 13.6. The number of guanidine groups is 1. The molecular weight excluding hydrogens is 391 g/mol. The van der Waals surface area contributed by atoms with Crippen LogP contribution in [0.5, 0.6) is 0 Å². The van der Waals surface area contributed by atoms with Crippen LogP contribution in [-0.4, -0.2) is 34.5 Å². The van der Waals surface area contributed by atoms with Gasteiger partial charge >= 0.3 is 0 Å². The minimum Gasteiger partial charge on any atom is -0.357 e. The van der Waals surface area contributed by atoms with E-state index < -0.39 is 10.0 Å². The Balaban J connectivity index is 1.64. The van der Waals surface area contributed by atoms with Gasteiger partial charge in [-0.2, -0.15) is 0 Å². The fourth-order valence-electron chi connectivity index (χ4n) is 3.19. The lowest BCUT2D eigenvalue weighted by molar-refractivity contribution is 0.588. The van der Waals surface area contributed by atoms with Gasteiger partial charge in [0, 0.05) is 18.5 Å². The molecule has 29 heavy (non-hydrogen) atoms. The molecule has 0 spiro atoms. The first-order valence-corrected chi connectivity index (χ1v) is 11.2. The van der Waals surface area contributed by atoms with Crippen LogP contribution in [0.25, 0.3) is 0 Å². The molecule has 0 aliphatic heterocycles. The van der Waals surface area contributed by atoms with Gasteiger partial charge in [0.05, 0.1) is 11.4 Å². The molecule has 0 heterocycles. The van der Waals surface area contributed by atoms with Crippen LogP contribution in [0.15, 0.2) is 58.4 Å². The van der Waals surface area contributed by atoms with Crippen LogP contribution in [0.2, 0.25) is 0 Å². The topological polar surface area (TPSA) is 82.6 Å². The molecule has 2 aromatic rings. The van der Waals surface area contributed by atoms with Crippen molar-refractivity contribution >= 4 is 16.0 Å². The Hall–Kier alpha value is -2.45. The van der Waals surface area contributed by atoms with Crippen LogP contribution >= 0.6 is 0 Å². The summed E-state index contributed by atoms with van der Waals surface area (Å²) in [7, 11) is -2.05. The number of hydrogen-bond acceptors (Lipinski definition) is 3. The largest absolute Gasteiger partial charge is 0.357 e. The minimum atomic E-state index is -3.44. The van der Waals surface area contributed by atoms with Gasteiger partial charge in [-0.15, -0.1) is 0 Å². The average Bonchev–Trinajstić information content (AvgIpc) is 3.52. The Morgan fingerprint density at radius 1 is 1.14 bits per heavy atom. The Kier molecular flexibility index (Phi) is 6.54. The van der Waals surface area contributed by atoms with Crippen LogP contribution in [0.3, 0.4) is 0 Å². The maximum Gasteiger partial charge on any atom is 0.240 e. The number of nitrogens with zero attached hydrogens (tertiary/aromatic N) is 1. The Morgan fingerprint density at radius 2 is 1.86 bits per heavy atom. The van der Waals surface area contributed by atoms with Crippen molar-refractivity contribution in [2.45, 2.75) is 36.6 Å². The molecule has 6 nitrogen and oxygen atoms in total. The summed E-state index contributed by atoms with van der Waals surface area (Å²) >= 11 is 0. The molecule has 1 saturated carbocycles. The molecule has 8 heteroatoms. The summed E-state index contributed by atoms with van der Waals surface area (Å²) in [4.78, 5) is 4.82. The summed E-state index contributed by atoms with van der Waals surface area (Å²) in [6.45, 7) is 3.82. The quantitative estimate of drug-likeness (QED) is 0.454. The third kappa shape index (κ3) is 5.33. The fraction of sp³-hybridized carbons (Fsp3) is 0.381. The van der Waals surface area contributed by atoms with E-state index in [1.165, 1.54) is 13.1 Å². The number of aliphatic imine (C=N–C) groups is 1. The SMILES string of the molecule is CCNC(=NCc1ccc(S(=O)(=O)NC)cc1)NCC1(c2cccc(F)c2)CC1. The number of sulfonamides is 1. The average molecular weight is 419 g/mol. The molecule has 0 bridgehead atoms. The highest BCUT2D eigenvalue weighted by atomic mass is 32.2. The Bertz CT molecular complexity index is 970. The molecule has 156 valence electrons. The molecule has 1 fully saturated rings. The maximum atomic E-state index is 13.6. The van der Waals surface area contributed by atoms with E-state index in [-0.39, 0.29) is 16.1 Å². The van der Waals surface area contributed by atoms with Gasteiger partial charge in [-0.25, -0.2) is 22.5 Å². The first-order valence-electron chi connectivity index (χ1n) is 9.69. The van der Waals surface area contributed by atoms with Gasteiger partial charge in [0.25, 0.3) is 0 Å². The van der Waals surface area contributed by atoms with E-state index in [2.05, 4.69) is 20.3 Å². The van der Waals surface area contributed by atoms with Crippen molar-refractivity contribution in [1.82, 2.24) is 15.4 Å². The minimum absolute atomic E-state index is 0.0402. The third-order valence-corrected chi connectivity index (χ3v) is 6.58. The lowest BCUT2D eigenvalue weighted by Crippen LogP contribution is -2.41. The second-order valence-electron chi connectivity index (χ2n) is 7.19. The smallest absolute Gasteiger partial charge is 0.240 e. The number of hydrogen-bond donors (Lipinski definition) is 3. The summed E-state index contributed by atoms with van der Waals surface area (Å²) in [6.07, 6.45) is 2.04. The van der Waals surface area contributed by atoms with Crippen LogP contribution in [0, 0.1) is 5.82 Å². The number of nitrogens with one attached hydrogen (secondary N) is 3. The predicted octanol–water partition coefficient (Wildman–Crippen LogP) is 2.52. The van der Waals surface area contributed by atoms with Gasteiger partial charge in [0.1, 0.15) is 5.82 Å². The highest BCUT2D eigenvalue weighted by Gasteiger charge is 2.44. The summed E-state index contributed by atoms with van der Waals surface area (Å²) in [5.74, 6) is 0.472. The van der Waals surface area contributed by atoms with Crippen molar-refractivity contribution < 1.29 is 12.8 Å². The zero-order valence-electron chi connectivity index (χ0n) is 16.7. The van der Waals surface area contributed by atoms with Gasteiger partial charge in [0.15, 0.2) is 5.96 Å². The second kappa shape index (κ2) is 8.92. The first-order chi connectivity index (χ1) is 13.9. The third-order valence-electron chi connectivity index (χ3n) is 5.15. The first kappa shape index (κ1) is 21.3. The van der Waals surface area contributed by atoms with Gasteiger partial charge in [-0.1, -0.05) is 24.3 Å². The molecule has 1 aliphatic rings. The van der Waals surface area contributed by atoms with Gasteiger partial charge < -0.3 is 10.6 Å². The Labute approximate surface area is 171 Å². The van der Waals surface area contributed by atoms with Gasteiger partial charge in [-0.05, 0) is 62.2 Å². The van der Waals surface area contributed by atoms with E-state index in [0.29, 0.717) is 19.0 Å². The van der Waals surface area contributed by atoms with Crippen molar-refractivity contribution in [3.63, 3.8) is 0 Å². The highest BCUT2D eigenvalue weighted by molar-refractivity contribution is 7.89. The molecule has 0 radical (unpaired) electrons. The molecule has 2 aromatic carbocycles. The van der Waals surface area contributed by atoms with E-state index in [1.807, 2.05) is 13.0 Å². The van der Waals surface area contributed by atoms with E-state index in [0.717, 1.165) is 30.5 Å². The normalized spacial score (nSPS) is 15.8. The van der Waals surface area contributed by atoms with Gasteiger partial charge in [-0.3, -0.25) is 0 Å². The number of halogens is 1. The number of benzene rings is 2. The molecular formula is C21H27FN4O2S. The van der Waals surface area contributed by atoms with E-state index in [1.54, 1.807) is 36.4 Å². The van der Waals surface area contributed by atoms with E-state index in [9.17, 15) is 12.8 Å². The molecule has 3 N–H and O–H groups in total. The standard InChI is InChI=1S/C21H27FN4O2S/c1-3-24-20(25-14-16-7-9-19(10-8-16)29(27,28)23-2)26-15-21(11-12-21)17-5-4-6-18(22)13-17/h4-10,13,23H,3,11-12,14-15H2,1-2H3,(H2,24,25,26). The lowest BCUT2D eigenvalue weighted by Gasteiger charge is -2.19. The van der Waals surface area contributed by atoms with Crippen LogP contribution in [0.4, 0.5) is 4.39 Å². The molecule has 0 saturated heterocycles. The summed E-state index contributed by atoms with van der Waals surface area (Å²) < 4.78 is 39.5. The van der Waals surface area contributed by atoms with Crippen LogP contribution < -0.4 is 15.4 Å². The van der Waals surface area contributed by atoms with Crippen LogP contribution in [0.1, 0.15) is 30.9 Å². The molecule has 3 rings (SSSR count). The van der Waals surface area contributed by atoms with Crippen molar-refractivity contribution in [3.8, 4) is 0 Å². The molecule has 0 unspecified atom stereocenters. The molecule has 1 aliphatic carbocycles. The van der Waals surface area contributed by atoms with E-state index >= 15 is 0 Å². The van der Waals surface area contributed by atoms with E-state index in [4.69, 9.17) is 0 Å². The monoisotopic (exact) mass is 418 g/mol. The fourth-order valence-corrected chi connectivity index (χ4v) is 3.92. The molecule has 0 atom stereocenters. The van der Waals surface area contributed by atoms with Crippen LogP contribution in [-0.2, 0) is 22.0 Å². The lowest BCUT2D eigenvalue weighted by atomic mass is 9.96. The van der Waals surface area contributed by atoms with Crippen molar-refractivity contribution in [2.75, 3.05) is 20.1 Å². The Morgan fingerprint density at radius 3 is 2.45 bits per heavy atom.